The Morgan fingerprint density at radius 3 is 2.72 bits per heavy atom. The minimum atomic E-state index is -0.660. The van der Waals surface area contributed by atoms with E-state index in [1.54, 1.807) is 0 Å². The molecular formula is C14H21NO3. The third-order valence-corrected chi connectivity index (χ3v) is 2.50. The van der Waals surface area contributed by atoms with Crippen molar-refractivity contribution in [2.75, 3.05) is 19.8 Å². The average Bonchev–Trinajstić information content (AvgIpc) is 2.42. The van der Waals surface area contributed by atoms with E-state index < -0.39 is 6.10 Å². The van der Waals surface area contributed by atoms with Crippen LogP contribution in [0.25, 0.3) is 0 Å². The number of carbonyl (C=O) groups is 1. The van der Waals surface area contributed by atoms with Crippen molar-refractivity contribution in [1.82, 2.24) is 5.32 Å². The fourth-order valence-electron chi connectivity index (χ4n) is 1.50. The van der Waals surface area contributed by atoms with Gasteiger partial charge in [-0.15, -0.1) is 0 Å². The molecule has 1 unspecified atom stereocenters. The van der Waals surface area contributed by atoms with E-state index in [-0.39, 0.29) is 12.5 Å². The zero-order chi connectivity index (χ0) is 13.2. The number of aliphatic hydroxyl groups is 1. The van der Waals surface area contributed by atoms with Gasteiger partial charge in [-0.2, -0.15) is 0 Å². The van der Waals surface area contributed by atoms with Crippen molar-refractivity contribution in [3.8, 4) is 0 Å². The number of hydrogen-bond acceptors (Lipinski definition) is 3. The predicted molar refractivity (Wildman–Crippen MR) is 70.1 cm³/mol. The van der Waals surface area contributed by atoms with E-state index in [2.05, 4.69) is 5.32 Å². The lowest BCUT2D eigenvalue weighted by atomic mass is 10.1. The molecule has 0 aromatic heterocycles. The standard InChI is InChI=1S/C14H21NO3/c1-2-9-18-10-8-14(17)15-11-13(16)12-6-4-3-5-7-12/h3-7,13,16H,2,8-11H2,1H3,(H,15,17). The second-order valence-electron chi connectivity index (χ2n) is 4.09. The average molecular weight is 251 g/mol. The van der Waals surface area contributed by atoms with E-state index in [1.165, 1.54) is 0 Å². The number of benzene rings is 1. The van der Waals surface area contributed by atoms with Crippen LogP contribution in [-0.4, -0.2) is 30.8 Å². The lowest BCUT2D eigenvalue weighted by Gasteiger charge is -2.12. The highest BCUT2D eigenvalue weighted by atomic mass is 16.5. The second kappa shape index (κ2) is 8.66. The predicted octanol–water partition coefficient (Wildman–Crippen LogP) is 1.65. The highest BCUT2D eigenvalue weighted by Gasteiger charge is 2.08. The minimum absolute atomic E-state index is 0.0962. The fraction of sp³-hybridized carbons (Fsp3) is 0.500. The van der Waals surface area contributed by atoms with Crippen LogP contribution in [0.2, 0.25) is 0 Å². The van der Waals surface area contributed by atoms with Gasteiger partial charge in [-0.3, -0.25) is 4.79 Å². The number of aliphatic hydroxyl groups excluding tert-OH is 1. The fourth-order valence-corrected chi connectivity index (χ4v) is 1.50. The van der Waals surface area contributed by atoms with Crippen molar-refractivity contribution < 1.29 is 14.6 Å². The topological polar surface area (TPSA) is 58.6 Å². The molecular weight excluding hydrogens is 230 g/mol. The molecule has 0 aliphatic heterocycles. The van der Waals surface area contributed by atoms with E-state index in [9.17, 15) is 9.90 Å². The summed E-state index contributed by atoms with van der Waals surface area (Å²) in [5.74, 6) is -0.0962. The van der Waals surface area contributed by atoms with E-state index in [4.69, 9.17) is 4.74 Å². The van der Waals surface area contributed by atoms with Crippen LogP contribution in [0.3, 0.4) is 0 Å². The largest absolute Gasteiger partial charge is 0.387 e. The Balaban J connectivity index is 2.18. The maximum absolute atomic E-state index is 11.4. The van der Waals surface area contributed by atoms with Gasteiger partial charge in [0, 0.05) is 19.6 Å². The Bertz CT molecular complexity index is 340. The molecule has 1 aromatic carbocycles. The van der Waals surface area contributed by atoms with Gasteiger partial charge >= 0.3 is 0 Å². The highest BCUT2D eigenvalue weighted by Crippen LogP contribution is 2.10. The van der Waals surface area contributed by atoms with Crippen LogP contribution in [0, 0.1) is 0 Å². The first-order valence-corrected chi connectivity index (χ1v) is 6.31. The van der Waals surface area contributed by atoms with Crippen molar-refractivity contribution in [3.05, 3.63) is 35.9 Å². The van der Waals surface area contributed by atoms with Crippen LogP contribution in [0.4, 0.5) is 0 Å². The number of amides is 1. The molecule has 0 bridgehead atoms. The first kappa shape index (κ1) is 14.7. The first-order valence-electron chi connectivity index (χ1n) is 6.31. The maximum atomic E-state index is 11.4. The summed E-state index contributed by atoms with van der Waals surface area (Å²) in [5, 5.41) is 12.5. The lowest BCUT2D eigenvalue weighted by molar-refractivity contribution is -0.122. The second-order valence-corrected chi connectivity index (χ2v) is 4.09. The van der Waals surface area contributed by atoms with Crippen LogP contribution >= 0.6 is 0 Å². The molecule has 0 saturated heterocycles. The number of rotatable bonds is 8. The molecule has 1 atom stereocenters. The molecule has 1 aromatic rings. The zero-order valence-electron chi connectivity index (χ0n) is 10.8. The summed E-state index contributed by atoms with van der Waals surface area (Å²) in [6, 6.07) is 9.28. The number of hydrogen-bond donors (Lipinski definition) is 2. The Hall–Kier alpha value is -1.39. The van der Waals surface area contributed by atoms with Crippen molar-refractivity contribution in [2.45, 2.75) is 25.9 Å². The van der Waals surface area contributed by atoms with Gasteiger partial charge in [-0.05, 0) is 12.0 Å². The molecule has 4 heteroatoms. The molecule has 0 aliphatic carbocycles. The first-order chi connectivity index (χ1) is 8.74. The van der Waals surface area contributed by atoms with Crippen LogP contribution < -0.4 is 5.32 Å². The summed E-state index contributed by atoms with van der Waals surface area (Å²) in [7, 11) is 0. The summed E-state index contributed by atoms with van der Waals surface area (Å²) >= 11 is 0. The Morgan fingerprint density at radius 1 is 1.33 bits per heavy atom. The molecule has 100 valence electrons. The number of carbonyl (C=O) groups excluding carboxylic acids is 1. The van der Waals surface area contributed by atoms with Gasteiger partial charge in [0.15, 0.2) is 0 Å². The normalized spacial score (nSPS) is 12.1. The minimum Gasteiger partial charge on any atom is -0.387 e. The molecule has 0 fully saturated rings. The van der Waals surface area contributed by atoms with Crippen LogP contribution in [0.15, 0.2) is 30.3 Å². The maximum Gasteiger partial charge on any atom is 0.222 e. The molecule has 1 amide bonds. The molecule has 2 N–H and O–H groups in total. The Morgan fingerprint density at radius 2 is 2.06 bits per heavy atom. The third kappa shape index (κ3) is 5.80. The number of nitrogens with one attached hydrogen (secondary N) is 1. The molecule has 18 heavy (non-hydrogen) atoms. The molecule has 1 rings (SSSR count). The zero-order valence-corrected chi connectivity index (χ0v) is 10.8. The van der Waals surface area contributed by atoms with Gasteiger partial charge in [0.05, 0.1) is 12.7 Å². The molecule has 0 radical (unpaired) electrons. The quantitative estimate of drug-likeness (QED) is 0.691. The molecule has 0 spiro atoms. The molecule has 4 nitrogen and oxygen atoms in total. The molecule has 0 aliphatic rings. The summed E-state index contributed by atoms with van der Waals surface area (Å²) in [6.07, 6.45) is 0.627. The number of ether oxygens (including phenoxy) is 1. The lowest BCUT2D eigenvalue weighted by Crippen LogP contribution is -2.29. The van der Waals surface area contributed by atoms with E-state index in [0.717, 1.165) is 12.0 Å². The molecule has 0 heterocycles. The van der Waals surface area contributed by atoms with Crippen LogP contribution in [-0.2, 0) is 9.53 Å². The van der Waals surface area contributed by atoms with Gasteiger partial charge in [0.25, 0.3) is 0 Å². The van der Waals surface area contributed by atoms with E-state index in [1.807, 2.05) is 37.3 Å². The van der Waals surface area contributed by atoms with Crippen molar-refractivity contribution in [1.29, 1.82) is 0 Å². The highest BCUT2D eigenvalue weighted by molar-refractivity contribution is 5.75. The van der Waals surface area contributed by atoms with E-state index in [0.29, 0.717) is 19.6 Å². The van der Waals surface area contributed by atoms with Gasteiger partial charge in [-0.1, -0.05) is 37.3 Å². The van der Waals surface area contributed by atoms with Crippen molar-refractivity contribution in [2.24, 2.45) is 0 Å². The summed E-state index contributed by atoms with van der Waals surface area (Å²) in [6.45, 7) is 3.37. The van der Waals surface area contributed by atoms with Crippen LogP contribution in [0.5, 0.6) is 0 Å². The summed E-state index contributed by atoms with van der Waals surface area (Å²) in [4.78, 5) is 11.4. The SMILES string of the molecule is CCCOCCC(=O)NCC(O)c1ccccc1. The van der Waals surface area contributed by atoms with Crippen molar-refractivity contribution in [3.63, 3.8) is 0 Å². The smallest absolute Gasteiger partial charge is 0.222 e. The monoisotopic (exact) mass is 251 g/mol. The van der Waals surface area contributed by atoms with Crippen LogP contribution in [0.1, 0.15) is 31.4 Å². The summed E-state index contributed by atoms with van der Waals surface area (Å²) in [5.41, 5.74) is 0.806. The van der Waals surface area contributed by atoms with Gasteiger partial charge in [-0.25, -0.2) is 0 Å². The van der Waals surface area contributed by atoms with Gasteiger partial charge < -0.3 is 15.2 Å². The molecule has 0 saturated carbocycles. The van der Waals surface area contributed by atoms with Gasteiger partial charge in [0.1, 0.15) is 0 Å². The Kier molecular flexibility index (Phi) is 7.06. The summed E-state index contributed by atoms with van der Waals surface area (Å²) < 4.78 is 5.22. The van der Waals surface area contributed by atoms with E-state index >= 15 is 0 Å². The third-order valence-electron chi connectivity index (χ3n) is 2.50. The Labute approximate surface area is 108 Å². The van der Waals surface area contributed by atoms with Gasteiger partial charge in [0.2, 0.25) is 5.91 Å². The van der Waals surface area contributed by atoms with Crippen molar-refractivity contribution >= 4 is 5.91 Å².